The second kappa shape index (κ2) is 36.0. The van der Waals surface area contributed by atoms with Gasteiger partial charge in [0.2, 0.25) is 0 Å². The van der Waals surface area contributed by atoms with Gasteiger partial charge in [0.05, 0.1) is 33.0 Å². The van der Waals surface area contributed by atoms with Crippen LogP contribution in [0.1, 0.15) is 48.0 Å². The van der Waals surface area contributed by atoms with Gasteiger partial charge in [0.25, 0.3) is 0 Å². The first-order chi connectivity index (χ1) is 20.3. The number of hydrogen-bond donors (Lipinski definition) is 11. The second-order valence-corrected chi connectivity index (χ2v) is 8.77. The zero-order valence-corrected chi connectivity index (χ0v) is 26.8. The summed E-state index contributed by atoms with van der Waals surface area (Å²) in [5, 5.41) is 89.4. The van der Waals surface area contributed by atoms with E-state index < -0.39 is 41.4 Å². The monoisotopic (exact) mass is 656 g/mol. The maximum absolute atomic E-state index is 9.60. The SMILES string of the molecule is C=C(C)C(=O)O.C=C(C)C(=O)O.C=C(C)C(=O)O.C=C(C)C(=O)O.C=C(C)C(=O)O.CCC(CO)(CO)CO.OCC(O)CO. The Labute approximate surface area is 263 Å². The maximum atomic E-state index is 9.60. The third kappa shape index (κ3) is 56.2. The van der Waals surface area contributed by atoms with Gasteiger partial charge < -0.3 is 56.2 Å². The molecule has 0 aromatic heterocycles. The van der Waals surface area contributed by atoms with Gasteiger partial charge in [-0.2, -0.15) is 0 Å². The van der Waals surface area contributed by atoms with Crippen LogP contribution in [0.25, 0.3) is 0 Å². The highest BCUT2D eigenvalue weighted by Crippen LogP contribution is 2.18. The fourth-order valence-electron chi connectivity index (χ4n) is 0.543. The van der Waals surface area contributed by atoms with E-state index in [4.69, 9.17) is 56.2 Å². The lowest BCUT2D eigenvalue weighted by Crippen LogP contribution is -2.32. The summed E-state index contributed by atoms with van der Waals surface area (Å²) in [4.78, 5) is 48.0. The Hall–Kier alpha value is -4.19. The Morgan fingerprint density at radius 2 is 0.622 bits per heavy atom. The van der Waals surface area contributed by atoms with Crippen molar-refractivity contribution in [3.8, 4) is 0 Å². The lowest BCUT2D eigenvalue weighted by molar-refractivity contribution is -0.133. The van der Waals surface area contributed by atoms with Crippen LogP contribution in [0.4, 0.5) is 0 Å². The van der Waals surface area contributed by atoms with E-state index in [0.29, 0.717) is 6.42 Å². The number of carbonyl (C=O) groups is 5. The molecule has 264 valence electrons. The normalized spacial score (nSPS) is 8.73. The van der Waals surface area contributed by atoms with Gasteiger partial charge >= 0.3 is 29.8 Å². The number of hydrogen-bond acceptors (Lipinski definition) is 11. The summed E-state index contributed by atoms with van der Waals surface area (Å²) in [7, 11) is 0. The molecule has 0 saturated heterocycles. The van der Waals surface area contributed by atoms with Crippen molar-refractivity contribution in [3.63, 3.8) is 0 Å². The molecule has 0 heterocycles. The molecule has 0 radical (unpaired) electrons. The van der Waals surface area contributed by atoms with Gasteiger partial charge in [-0.1, -0.05) is 39.8 Å². The van der Waals surface area contributed by atoms with Crippen LogP contribution in [0.3, 0.4) is 0 Å². The Morgan fingerprint density at radius 3 is 0.622 bits per heavy atom. The highest BCUT2D eigenvalue weighted by Gasteiger charge is 2.24. The zero-order chi connectivity index (χ0) is 38.1. The fraction of sp³-hybridized carbons (Fsp3) is 0.483. The topological polar surface area (TPSA) is 308 Å². The van der Waals surface area contributed by atoms with E-state index in [1.54, 1.807) is 0 Å². The fourth-order valence-corrected chi connectivity index (χ4v) is 0.543. The molecule has 16 nitrogen and oxygen atoms in total. The first-order valence-corrected chi connectivity index (χ1v) is 12.4. The quantitative estimate of drug-likeness (QED) is 0.138. The number of aliphatic hydroxyl groups is 6. The minimum Gasteiger partial charge on any atom is -0.478 e. The molecule has 0 aliphatic heterocycles. The molecule has 0 fully saturated rings. The summed E-state index contributed by atoms with van der Waals surface area (Å²) in [5.41, 5.74) is 0.213. The van der Waals surface area contributed by atoms with E-state index >= 15 is 0 Å². The Kier molecular flexibility index (Phi) is 45.3. The van der Waals surface area contributed by atoms with Gasteiger partial charge in [-0.3, -0.25) is 0 Å². The average Bonchev–Trinajstić information content (AvgIpc) is 2.95. The van der Waals surface area contributed by atoms with E-state index in [9.17, 15) is 24.0 Å². The molecule has 16 heteroatoms. The van der Waals surface area contributed by atoms with Crippen molar-refractivity contribution in [1.29, 1.82) is 0 Å². The molecule has 0 aliphatic carbocycles. The molecule has 0 spiro atoms. The molecule has 0 bridgehead atoms. The highest BCUT2D eigenvalue weighted by molar-refractivity contribution is 5.86. The molecule has 0 rings (SSSR count). The predicted octanol–water partition coefficient (Wildman–Crippen LogP) is 0.927. The van der Waals surface area contributed by atoms with Crippen molar-refractivity contribution < 1.29 is 80.1 Å². The van der Waals surface area contributed by atoms with Crippen LogP contribution in [0.2, 0.25) is 0 Å². The number of aliphatic carboxylic acids is 5. The summed E-state index contributed by atoms with van der Waals surface area (Å²) < 4.78 is 0. The van der Waals surface area contributed by atoms with Gasteiger partial charge in [0.1, 0.15) is 6.10 Å². The van der Waals surface area contributed by atoms with Crippen LogP contribution in [-0.4, -0.2) is 125 Å². The lowest BCUT2D eigenvalue weighted by atomic mass is 9.88. The van der Waals surface area contributed by atoms with E-state index in [1.165, 1.54) is 34.6 Å². The van der Waals surface area contributed by atoms with Crippen LogP contribution in [0, 0.1) is 5.41 Å². The van der Waals surface area contributed by atoms with Crippen LogP contribution < -0.4 is 0 Å². The van der Waals surface area contributed by atoms with Crippen molar-refractivity contribution in [3.05, 3.63) is 60.8 Å². The van der Waals surface area contributed by atoms with Crippen molar-refractivity contribution in [1.82, 2.24) is 0 Å². The molecule has 11 N–H and O–H groups in total. The number of aliphatic hydroxyl groups excluding tert-OH is 6. The molecule has 0 aromatic rings. The predicted molar refractivity (Wildman–Crippen MR) is 166 cm³/mol. The van der Waals surface area contributed by atoms with Gasteiger partial charge in [0, 0.05) is 33.3 Å². The average molecular weight is 657 g/mol. The smallest absolute Gasteiger partial charge is 0.330 e. The molecule has 0 aromatic carbocycles. The standard InChI is InChI=1S/C6H14O3.5C4H6O2.C3H8O3/c1-2-6(3-7,4-8)5-9;5*1-3(2)4(5)6;4-1-3(6)2-5/h7-9H,2-5H2,1H3;5*1H2,2H3,(H,5,6);3-6H,1-2H2. The summed E-state index contributed by atoms with van der Waals surface area (Å²) in [5.74, 6) is -4.68. The van der Waals surface area contributed by atoms with Crippen molar-refractivity contribution >= 4 is 29.8 Å². The van der Waals surface area contributed by atoms with E-state index in [-0.39, 0.29) is 60.9 Å². The molecule has 45 heavy (non-hydrogen) atoms. The summed E-state index contributed by atoms with van der Waals surface area (Å²) >= 11 is 0. The maximum Gasteiger partial charge on any atom is 0.330 e. The summed E-state index contributed by atoms with van der Waals surface area (Å²) in [6.07, 6.45) is -0.360. The lowest BCUT2D eigenvalue weighted by Gasteiger charge is -2.24. The van der Waals surface area contributed by atoms with Crippen molar-refractivity contribution in [2.24, 2.45) is 5.41 Å². The molecule has 0 saturated carbocycles. The van der Waals surface area contributed by atoms with Crippen LogP contribution in [-0.2, 0) is 24.0 Å². The third-order valence-corrected chi connectivity index (χ3v) is 4.00. The van der Waals surface area contributed by atoms with Crippen LogP contribution in [0.5, 0.6) is 0 Å². The summed E-state index contributed by atoms with van der Waals surface area (Å²) in [6.45, 7) is 23.6. The molecule has 0 aliphatic rings. The minimum atomic E-state index is -0.954. The largest absolute Gasteiger partial charge is 0.478 e. The molecule has 0 atom stereocenters. The van der Waals surface area contributed by atoms with E-state index in [1.807, 2.05) is 6.92 Å². The molecule has 0 unspecified atom stereocenters. The van der Waals surface area contributed by atoms with E-state index in [2.05, 4.69) is 32.9 Å². The van der Waals surface area contributed by atoms with Gasteiger partial charge in [-0.15, -0.1) is 0 Å². The Balaban J connectivity index is -0.0000000754. The molecular weight excluding hydrogens is 604 g/mol. The zero-order valence-electron chi connectivity index (χ0n) is 26.8. The Morgan fingerprint density at radius 1 is 0.489 bits per heavy atom. The van der Waals surface area contributed by atoms with Crippen molar-refractivity contribution in [2.45, 2.75) is 54.1 Å². The van der Waals surface area contributed by atoms with Gasteiger partial charge in [-0.05, 0) is 41.0 Å². The molecule has 0 amide bonds. The molecular formula is C29H52O16. The van der Waals surface area contributed by atoms with Crippen LogP contribution >= 0.6 is 0 Å². The van der Waals surface area contributed by atoms with Gasteiger partial charge in [-0.25, -0.2) is 24.0 Å². The number of carboxylic acids is 5. The minimum absolute atomic E-state index is 0.156. The summed E-state index contributed by atoms with van der Waals surface area (Å²) in [6, 6.07) is 0. The second-order valence-electron chi connectivity index (χ2n) is 8.77. The van der Waals surface area contributed by atoms with E-state index in [0.717, 1.165) is 0 Å². The highest BCUT2D eigenvalue weighted by atomic mass is 16.4. The Bertz CT molecular complexity index is 710. The number of rotatable bonds is 11. The number of carboxylic acid groups (broad SMARTS) is 5. The van der Waals surface area contributed by atoms with Gasteiger partial charge in [0.15, 0.2) is 0 Å². The first kappa shape index (κ1) is 56.6. The van der Waals surface area contributed by atoms with Crippen LogP contribution in [0.15, 0.2) is 60.8 Å². The first-order valence-electron chi connectivity index (χ1n) is 12.4. The van der Waals surface area contributed by atoms with Crippen molar-refractivity contribution in [2.75, 3.05) is 33.0 Å². The third-order valence-electron chi connectivity index (χ3n) is 4.00.